The number of alkyl carbamates (subject to hydrolysis) is 1. The number of halogens is 2. The molecular weight excluding hydrogens is 474 g/mol. The minimum absolute atomic E-state index is 0.126. The number of ether oxygens (including phenoxy) is 2. The summed E-state index contributed by atoms with van der Waals surface area (Å²) in [4.78, 5) is 30.4. The third-order valence-electron chi connectivity index (χ3n) is 5.29. The first-order valence-electron chi connectivity index (χ1n) is 10.3. The van der Waals surface area contributed by atoms with Crippen LogP contribution in [0.25, 0.3) is 0 Å². The van der Waals surface area contributed by atoms with E-state index in [1.54, 1.807) is 20.8 Å². The topological polar surface area (TPSA) is 118 Å². The van der Waals surface area contributed by atoms with Crippen molar-refractivity contribution in [2.24, 2.45) is 4.99 Å². The number of nitrogens with one attached hydrogen (secondary N) is 1. The molecule has 34 heavy (non-hydrogen) atoms. The summed E-state index contributed by atoms with van der Waals surface area (Å²) in [5.41, 5.74) is -3.03. The van der Waals surface area contributed by atoms with E-state index in [4.69, 9.17) is 9.47 Å². The normalized spacial score (nSPS) is 23.6. The van der Waals surface area contributed by atoms with Crippen molar-refractivity contribution >= 4 is 28.2 Å². The molecule has 2 aliphatic rings. The molecule has 2 aliphatic heterocycles. The van der Waals surface area contributed by atoms with Crippen LogP contribution >= 0.6 is 0 Å². The van der Waals surface area contributed by atoms with E-state index in [0.717, 1.165) is 28.4 Å². The average molecular weight is 501 g/mol. The summed E-state index contributed by atoms with van der Waals surface area (Å²) in [5.74, 6) is -2.36. The first-order chi connectivity index (χ1) is 15.7. The van der Waals surface area contributed by atoms with Gasteiger partial charge in [0.25, 0.3) is 0 Å². The van der Waals surface area contributed by atoms with Crippen LogP contribution in [0.5, 0.6) is 0 Å². The highest BCUT2D eigenvalue weighted by atomic mass is 32.2. The van der Waals surface area contributed by atoms with Gasteiger partial charge in [-0.05, 0) is 26.8 Å². The summed E-state index contributed by atoms with van der Waals surface area (Å²) < 4.78 is 66.5. The molecule has 1 fully saturated rings. The van der Waals surface area contributed by atoms with Crippen LogP contribution in [0.1, 0.15) is 26.3 Å². The van der Waals surface area contributed by atoms with Gasteiger partial charge in [-0.1, -0.05) is 18.7 Å². The van der Waals surface area contributed by atoms with E-state index in [-0.39, 0.29) is 18.7 Å². The van der Waals surface area contributed by atoms with Crippen LogP contribution in [0.2, 0.25) is 0 Å². The maximum absolute atomic E-state index is 15.0. The van der Waals surface area contributed by atoms with Crippen LogP contribution in [0.4, 0.5) is 18.4 Å². The van der Waals surface area contributed by atoms with Gasteiger partial charge in [0.15, 0.2) is 0 Å². The second kappa shape index (κ2) is 8.85. The van der Waals surface area contributed by atoms with Gasteiger partial charge in [0.05, 0.1) is 6.54 Å². The number of carbonyl (C=O) groups is 2. The number of amides is 2. The lowest BCUT2D eigenvalue weighted by Gasteiger charge is -2.39. The number of hydrogen-bond donors (Lipinski definition) is 1. The van der Waals surface area contributed by atoms with E-state index in [0.29, 0.717) is 6.07 Å². The minimum Gasteiger partial charge on any atom is -0.445 e. The molecule has 0 aliphatic carbocycles. The van der Waals surface area contributed by atoms with E-state index < -0.39 is 62.7 Å². The second-order valence-electron chi connectivity index (χ2n) is 8.86. The van der Waals surface area contributed by atoms with Crippen molar-refractivity contribution in [2.45, 2.75) is 37.2 Å². The fourth-order valence-electron chi connectivity index (χ4n) is 3.85. The molecule has 2 atom stereocenters. The van der Waals surface area contributed by atoms with Gasteiger partial charge in [0.2, 0.25) is 16.0 Å². The Hall–Kier alpha value is -3.22. The van der Waals surface area contributed by atoms with Crippen molar-refractivity contribution in [1.82, 2.24) is 14.5 Å². The second-order valence-corrected chi connectivity index (χ2v) is 11.0. The first kappa shape index (κ1) is 25.4. The number of rotatable bonds is 3. The Balaban J connectivity index is 2.15. The number of sulfonamides is 1. The zero-order valence-electron chi connectivity index (χ0n) is 19.2. The monoisotopic (exact) mass is 500 g/mol. The number of hydrogen-bond acceptors (Lipinski definition) is 7. The van der Waals surface area contributed by atoms with E-state index in [9.17, 15) is 26.8 Å². The molecular formula is C21H26F2N4O6S. The van der Waals surface area contributed by atoms with E-state index in [1.165, 1.54) is 6.08 Å². The Morgan fingerprint density at radius 2 is 2.03 bits per heavy atom. The van der Waals surface area contributed by atoms with Gasteiger partial charge in [-0.2, -0.15) is 0 Å². The number of fused-ring (bicyclic) bond motifs is 1. The molecule has 2 heterocycles. The predicted molar refractivity (Wildman–Crippen MR) is 118 cm³/mol. The Bertz CT molecular complexity index is 1150. The van der Waals surface area contributed by atoms with Crippen LogP contribution in [0, 0.1) is 11.6 Å². The molecule has 1 N–H and O–H groups in total. The molecule has 186 valence electrons. The summed E-state index contributed by atoms with van der Waals surface area (Å²) >= 11 is 0. The molecule has 0 saturated carbocycles. The summed E-state index contributed by atoms with van der Waals surface area (Å²) in [6, 6.07) is 2.64. The van der Waals surface area contributed by atoms with Crippen molar-refractivity contribution in [2.75, 3.05) is 26.7 Å². The number of benzene rings is 1. The fourth-order valence-corrected chi connectivity index (χ4v) is 5.67. The molecule has 0 radical (unpaired) electrons. The standard InChI is InChI=1S/C21H26F2N4O6S/c1-6-9-32-19(29)27-11-16-21(12-27,14-8-7-13(22)10-15(14)23)25-17(26(5)34(16,30)31)24-18(28)33-20(2,3)4/h6-8,10,16H,1,9,11-12H2,2-5H3,(H,24,25,28)/t16-,21+/m0/s1. The van der Waals surface area contributed by atoms with Crippen molar-refractivity contribution in [3.63, 3.8) is 0 Å². The average Bonchev–Trinajstić information content (AvgIpc) is 3.10. The van der Waals surface area contributed by atoms with Crippen LogP contribution in [-0.4, -0.2) is 73.4 Å². The van der Waals surface area contributed by atoms with Gasteiger partial charge >= 0.3 is 12.2 Å². The highest BCUT2D eigenvalue weighted by Crippen LogP contribution is 2.44. The number of guanidine groups is 1. The fraction of sp³-hybridized carbons (Fsp3) is 0.476. The molecule has 2 amide bonds. The maximum Gasteiger partial charge on any atom is 0.414 e. The summed E-state index contributed by atoms with van der Waals surface area (Å²) in [5, 5.41) is 0.849. The molecule has 1 saturated heterocycles. The highest BCUT2D eigenvalue weighted by Gasteiger charge is 2.61. The first-order valence-corrected chi connectivity index (χ1v) is 11.8. The molecule has 0 spiro atoms. The molecule has 1 aromatic carbocycles. The quantitative estimate of drug-likeness (QED) is 0.637. The highest BCUT2D eigenvalue weighted by molar-refractivity contribution is 7.90. The Morgan fingerprint density at radius 3 is 2.62 bits per heavy atom. The van der Waals surface area contributed by atoms with Gasteiger partial charge in [-0.15, -0.1) is 0 Å². The number of nitrogens with zero attached hydrogens (tertiary/aromatic N) is 3. The molecule has 13 heteroatoms. The Kier molecular flexibility index (Phi) is 6.62. The van der Waals surface area contributed by atoms with Crippen molar-refractivity contribution < 1.29 is 36.3 Å². The lowest BCUT2D eigenvalue weighted by molar-refractivity contribution is 0.0558. The van der Waals surface area contributed by atoms with Crippen molar-refractivity contribution in [3.8, 4) is 0 Å². The number of likely N-dealkylation sites (tertiary alicyclic amines) is 1. The number of aliphatic imine (C=N–C) groups is 1. The van der Waals surface area contributed by atoms with E-state index in [1.807, 2.05) is 0 Å². The molecule has 0 unspecified atom stereocenters. The zero-order valence-corrected chi connectivity index (χ0v) is 20.0. The van der Waals surface area contributed by atoms with E-state index in [2.05, 4.69) is 16.9 Å². The minimum atomic E-state index is -4.30. The SMILES string of the molecule is C=CCOC(=O)N1C[C@H]2[C@](c3ccc(F)cc3F)(C1)N=C(NC(=O)OC(C)(C)C)N(C)S2(=O)=O. The predicted octanol–water partition coefficient (Wildman–Crippen LogP) is 2.32. The lowest BCUT2D eigenvalue weighted by atomic mass is 9.88. The maximum atomic E-state index is 15.0. The summed E-state index contributed by atoms with van der Waals surface area (Å²) in [6.45, 7) is 7.40. The van der Waals surface area contributed by atoms with Gasteiger partial charge in [0.1, 0.15) is 34.6 Å². The largest absolute Gasteiger partial charge is 0.445 e. The zero-order chi connectivity index (χ0) is 25.5. The smallest absolute Gasteiger partial charge is 0.414 e. The van der Waals surface area contributed by atoms with Crippen LogP contribution in [0.15, 0.2) is 35.8 Å². The van der Waals surface area contributed by atoms with Gasteiger partial charge < -0.3 is 14.4 Å². The number of carbonyl (C=O) groups excluding carboxylic acids is 2. The third-order valence-corrected chi connectivity index (χ3v) is 7.48. The molecule has 0 aromatic heterocycles. The lowest BCUT2D eigenvalue weighted by Crippen LogP contribution is -2.59. The van der Waals surface area contributed by atoms with Crippen molar-refractivity contribution in [3.05, 3.63) is 48.1 Å². The molecule has 0 bridgehead atoms. The van der Waals surface area contributed by atoms with Crippen LogP contribution in [0.3, 0.4) is 0 Å². The summed E-state index contributed by atoms with van der Waals surface area (Å²) in [7, 11) is -3.13. The van der Waals surface area contributed by atoms with Gasteiger partial charge in [0, 0.05) is 25.2 Å². The van der Waals surface area contributed by atoms with Crippen molar-refractivity contribution in [1.29, 1.82) is 0 Å². The summed E-state index contributed by atoms with van der Waals surface area (Å²) in [6.07, 6.45) is -0.505. The Labute approximate surface area is 196 Å². The Morgan fingerprint density at radius 1 is 1.35 bits per heavy atom. The third kappa shape index (κ3) is 4.69. The molecule has 10 nitrogen and oxygen atoms in total. The molecule has 1 aromatic rings. The van der Waals surface area contributed by atoms with E-state index >= 15 is 0 Å². The van der Waals surface area contributed by atoms with Crippen LogP contribution < -0.4 is 5.32 Å². The molecule has 3 rings (SSSR count). The van der Waals surface area contributed by atoms with Gasteiger partial charge in [-0.25, -0.2) is 36.1 Å². The van der Waals surface area contributed by atoms with Crippen LogP contribution in [-0.2, 0) is 25.0 Å². The van der Waals surface area contributed by atoms with Gasteiger partial charge in [-0.3, -0.25) is 5.32 Å².